The third kappa shape index (κ3) is 4.98. The molecule has 0 aromatic heterocycles. The van der Waals surface area contributed by atoms with Crippen molar-refractivity contribution in [3.05, 3.63) is 68.8 Å². The van der Waals surface area contributed by atoms with E-state index in [1.807, 2.05) is 43.3 Å². The molecule has 0 radical (unpaired) electrons. The van der Waals surface area contributed by atoms with Crippen LogP contribution in [0, 0.1) is 16.4 Å². The lowest BCUT2D eigenvalue weighted by molar-refractivity contribution is -0.131. The summed E-state index contributed by atoms with van der Waals surface area (Å²) >= 11 is 2.10. The van der Waals surface area contributed by atoms with Gasteiger partial charge in [0.2, 0.25) is 5.91 Å². The van der Waals surface area contributed by atoms with E-state index in [0.717, 1.165) is 14.7 Å². The smallest absolute Gasteiger partial charge is 0.252 e. The van der Waals surface area contributed by atoms with E-state index >= 15 is 0 Å². The maximum atomic E-state index is 12.6. The van der Waals surface area contributed by atoms with Crippen LogP contribution in [0.15, 0.2) is 48.5 Å². The summed E-state index contributed by atoms with van der Waals surface area (Å²) in [6, 6.07) is 14.9. The number of halogens is 1. The maximum Gasteiger partial charge on any atom is 0.252 e. The number of nitrogens with one attached hydrogen (secondary N) is 1. The highest BCUT2D eigenvalue weighted by Crippen LogP contribution is 2.22. The summed E-state index contributed by atoms with van der Waals surface area (Å²) in [6.07, 6.45) is 1.31. The number of amides is 2. The maximum absolute atomic E-state index is 12.6. The van der Waals surface area contributed by atoms with Crippen molar-refractivity contribution in [2.75, 3.05) is 19.6 Å². The second-order valence-electron chi connectivity index (χ2n) is 7.05. The van der Waals surface area contributed by atoms with Crippen LogP contribution in [-0.4, -0.2) is 42.1 Å². The number of nitrogens with zero attached hydrogens (tertiary/aromatic N) is 1. The van der Waals surface area contributed by atoms with E-state index in [1.54, 1.807) is 17.0 Å². The van der Waals surface area contributed by atoms with Gasteiger partial charge in [0, 0.05) is 28.1 Å². The predicted molar refractivity (Wildman–Crippen MR) is 116 cm³/mol. The molecule has 0 aliphatic carbocycles. The minimum absolute atomic E-state index is 0.0274. The average Bonchev–Trinajstić information content (AvgIpc) is 2.72. The molecule has 1 N–H and O–H groups in total. The quantitative estimate of drug-likeness (QED) is 0.516. The van der Waals surface area contributed by atoms with Gasteiger partial charge in [-0.05, 0) is 54.5 Å². The minimum atomic E-state index is -0.247. The molecule has 3 rings (SSSR count). The topological polar surface area (TPSA) is 66.5 Å². The van der Waals surface area contributed by atoms with Crippen LogP contribution in [0.2, 0.25) is 0 Å². The van der Waals surface area contributed by atoms with E-state index in [1.165, 1.54) is 0 Å². The standard InChI is InChI=1S/C22H23IN2O3/c1-15-6-8-16(9-7-15)21(27)17-10-12-25(13-11-17)20(26)14-24-22(28)18-4-2-3-5-19(18)23/h2-9,17H,10-14H2,1H3,(H,24,28). The lowest BCUT2D eigenvalue weighted by Crippen LogP contribution is -2.45. The first-order chi connectivity index (χ1) is 13.5. The molecular weight excluding hydrogens is 467 g/mol. The van der Waals surface area contributed by atoms with E-state index in [0.29, 0.717) is 31.5 Å². The van der Waals surface area contributed by atoms with E-state index in [-0.39, 0.29) is 30.1 Å². The molecule has 0 unspecified atom stereocenters. The predicted octanol–water partition coefficient (Wildman–Crippen LogP) is 3.45. The molecule has 0 spiro atoms. The average molecular weight is 490 g/mol. The summed E-state index contributed by atoms with van der Waals surface area (Å²) in [5, 5.41) is 2.70. The van der Waals surface area contributed by atoms with Crippen molar-refractivity contribution in [3.8, 4) is 0 Å². The number of carbonyl (C=O) groups excluding carboxylic acids is 3. The molecular formula is C22H23IN2O3. The fourth-order valence-corrected chi connectivity index (χ4v) is 3.99. The normalized spacial score (nSPS) is 14.6. The first kappa shape index (κ1) is 20.5. The molecule has 1 fully saturated rings. The zero-order valence-corrected chi connectivity index (χ0v) is 17.9. The third-order valence-corrected chi connectivity index (χ3v) is 6.01. The van der Waals surface area contributed by atoms with Crippen molar-refractivity contribution in [2.24, 2.45) is 5.92 Å². The Kier molecular flexibility index (Phi) is 6.83. The lowest BCUT2D eigenvalue weighted by Gasteiger charge is -2.31. The van der Waals surface area contributed by atoms with Crippen LogP contribution in [0.5, 0.6) is 0 Å². The van der Waals surface area contributed by atoms with Crippen LogP contribution in [0.25, 0.3) is 0 Å². The largest absolute Gasteiger partial charge is 0.343 e. The third-order valence-electron chi connectivity index (χ3n) is 5.07. The number of piperidine rings is 1. The van der Waals surface area contributed by atoms with E-state index in [9.17, 15) is 14.4 Å². The highest BCUT2D eigenvalue weighted by Gasteiger charge is 2.28. The zero-order valence-electron chi connectivity index (χ0n) is 15.8. The second kappa shape index (κ2) is 9.32. The molecule has 146 valence electrons. The second-order valence-corrected chi connectivity index (χ2v) is 8.21. The molecule has 1 saturated heterocycles. The van der Waals surface area contributed by atoms with Gasteiger partial charge in [-0.25, -0.2) is 0 Å². The number of Topliss-reactive ketones (excluding diaryl/α,β-unsaturated/α-hetero) is 1. The van der Waals surface area contributed by atoms with Crippen molar-refractivity contribution in [1.82, 2.24) is 10.2 Å². The van der Waals surface area contributed by atoms with Gasteiger partial charge in [-0.15, -0.1) is 0 Å². The molecule has 1 aliphatic heterocycles. The van der Waals surface area contributed by atoms with Gasteiger partial charge in [0.1, 0.15) is 0 Å². The van der Waals surface area contributed by atoms with Crippen LogP contribution in [0.1, 0.15) is 39.1 Å². The van der Waals surface area contributed by atoms with Gasteiger partial charge >= 0.3 is 0 Å². The fraction of sp³-hybridized carbons (Fsp3) is 0.318. The Bertz CT molecular complexity index is 872. The van der Waals surface area contributed by atoms with E-state index in [2.05, 4.69) is 27.9 Å². The van der Waals surface area contributed by atoms with Crippen molar-refractivity contribution in [1.29, 1.82) is 0 Å². The highest BCUT2D eigenvalue weighted by molar-refractivity contribution is 14.1. The Balaban J connectivity index is 1.48. The van der Waals surface area contributed by atoms with Gasteiger partial charge < -0.3 is 10.2 Å². The number of likely N-dealkylation sites (tertiary alicyclic amines) is 1. The SMILES string of the molecule is Cc1ccc(C(=O)C2CCN(C(=O)CNC(=O)c3ccccc3I)CC2)cc1. The number of hydrogen-bond acceptors (Lipinski definition) is 3. The molecule has 0 atom stereocenters. The van der Waals surface area contributed by atoms with Gasteiger partial charge in [0.15, 0.2) is 5.78 Å². The highest BCUT2D eigenvalue weighted by atomic mass is 127. The van der Waals surface area contributed by atoms with E-state index in [4.69, 9.17) is 0 Å². The molecule has 2 amide bonds. The van der Waals surface area contributed by atoms with Gasteiger partial charge in [-0.2, -0.15) is 0 Å². The molecule has 5 nitrogen and oxygen atoms in total. The Morgan fingerprint density at radius 2 is 1.68 bits per heavy atom. The number of hydrogen-bond donors (Lipinski definition) is 1. The number of ketones is 1. The molecule has 6 heteroatoms. The van der Waals surface area contributed by atoms with E-state index < -0.39 is 0 Å². The zero-order chi connectivity index (χ0) is 20.1. The van der Waals surface area contributed by atoms with Gasteiger partial charge in [-0.3, -0.25) is 14.4 Å². The van der Waals surface area contributed by atoms with Crippen molar-refractivity contribution >= 4 is 40.2 Å². The summed E-state index contributed by atoms with van der Waals surface area (Å²) in [4.78, 5) is 39.0. The number of carbonyl (C=O) groups is 3. The summed E-state index contributed by atoms with van der Waals surface area (Å²) in [5.41, 5.74) is 2.43. The molecule has 2 aromatic rings. The monoisotopic (exact) mass is 490 g/mol. The summed E-state index contributed by atoms with van der Waals surface area (Å²) in [7, 11) is 0. The first-order valence-corrected chi connectivity index (χ1v) is 10.4. The fourth-order valence-electron chi connectivity index (χ4n) is 3.35. The molecule has 0 bridgehead atoms. The Morgan fingerprint density at radius 3 is 2.32 bits per heavy atom. The number of benzene rings is 2. The number of rotatable bonds is 5. The van der Waals surface area contributed by atoms with Crippen LogP contribution < -0.4 is 5.32 Å². The van der Waals surface area contributed by atoms with Gasteiger partial charge in [0.25, 0.3) is 5.91 Å². The summed E-state index contributed by atoms with van der Waals surface area (Å²) in [6.45, 7) is 3.05. The Hall–Kier alpha value is -2.22. The minimum Gasteiger partial charge on any atom is -0.343 e. The van der Waals surface area contributed by atoms with Crippen LogP contribution in [-0.2, 0) is 4.79 Å². The lowest BCUT2D eigenvalue weighted by atomic mass is 9.88. The van der Waals surface area contributed by atoms with Crippen LogP contribution >= 0.6 is 22.6 Å². The van der Waals surface area contributed by atoms with Gasteiger partial charge in [-0.1, -0.05) is 42.0 Å². The van der Waals surface area contributed by atoms with Crippen LogP contribution in [0.3, 0.4) is 0 Å². The van der Waals surface area contributed by atoms with Gasteiger partial charge in [0.05, 0.1) is 12.1 Å². The molecule has 1 heterocycles. The molecule has 0 saturated carbocycles. The Morgan fingerprint density at radius 1 is 1.04 bits per heavy atom. The molecule has 1 aliphatic rings. The summed E-state index contributed by atoms with van der Waals surface area (Å²) < 4.78 is 0.848. The van der Waals surface area contributed by atoms with Crippen molar-refractivity contribution in [2.45, 2.75) is 19.8 Å². The molecule has 2 aromatic carbocycles. The number of aryl methyl sites for hydroxylation is 1. The Labute approximate surface area is 178 Å². The molecule has 28 heavy (non-hydrogen) atoms. The first-order valence-electron chi connectivity index (χ1n) is 9.37. The van der Waals surface area contributed by atoms with Crippen molar-refractivity contribution < 1.29 is 14.4 Å². The van der Waals surface area contributed by atoms with Crippen molar-refractivity contribution in [3.63, 3.8) is 0 Å². The summed E-state index contributed by atoms with van der Waals surface area (Å²) in [5.74, 6) is -0.255. The van der Waals surface area contributed by atoms with Crippen LogP contribution in [0.4, 0.5) is 0 Å².